The molecule has 28 heavy (non-hydrogen) atoms. The molecule has 10 heteroatoms. The summed E-state index contributed by atoms with van der Waals surface area (Å²) < 4.78 is 38.4. The van der Waals surface area contributed by atoms with Crippen molar-refractivity contribution < 1.29 is 18.0 Å². The average molecular weight is 453 g/mol. The predicted octanol–water partition coefficient (Wildman–Crippen LogP) is 5.41. The molecule has 0 bridgehead atoms. The lowest BCUT2D eigenvalue weighted by Crippen LogP contribution is -2.35. The molecule has 0 atom stereocenters. The Labute approximate surface area is 174 Å². The number of anilines is 1. The highest BCUT2D eigenvalue weighted by Gasteiger charge is 2.32. The van der Waals surface area contributed by atoms with Gasteiger partial charge in [0.15, 0.2) is 0 Å². The summed E-state index contributed by atoms with van der Waals surface area (Å²) in [7, 11) is 0. The van der Waals surface area contributed by atoms with Crippen LogP contribution in [0.1, 0.15) is 22.3 Å². The summed E-state index contributed by atoms with van der Waals surface area (Å²) in [5.74, 6) is 0.0191. The molecule has 1 aromatic carbocycles. The van der Waals surface area contributed by atoms with Crippen LogP contribution >= 0.6 is 34.8 Å². The van der Waals surface area contributed by atoms with Crippen LogP contribution in [-0.4, -0.2) is 42.0 Å². The van der Waals surface area contributed by atoms with E-state index in [0.29, 0.717) is 48.2 Å². The Bertz CT molecular complexity index is 892. The Morgan fingerprint density at radius 1 is 1.00 bits per heavy atom. The predicted molar refractivity (Wildman–Crippen MR) is 103 cm³/mol. The Morgan fingerprint density at radius 2 is 1.75 bits per heavy atom. The molecule has 0 N–H and O–H groups in total. The van der Waals surface area contributed by atoms with Crippen LogP contribution in [0.2, 0.25) is 15.1 Å². The first-order valence-corrected chi connectivity index (χ1v) is 9.52. The van der Waals surface area contributed by atoms with E-state index < -0.39 is 11.7 Å². The van der Waals surface area contributed by atoms with Gasteiger partial charge in [-0.1, -0.05) is 34.8 Å². The molecule has 0 saturated carbocycles. The molecule has 2 heterocycles. The number of hydrogen-bond acceptors (Lipinski definition) is 3. The highest BCUT2D eigenvalue weighted by molar-refractivity contribution is 6.35. The van der Waals surface area contributed by atoms with Crippen molar-refractivity contribution in [1.29, 1.82) is 0 Å². The van der Waals surface area contributed by atoms with Gasteiger partial charge in [0.2, 0.25) is 0 Å². The van der Waals surface area contributed by atoms with E-state index in [1.54, 1.807) is 21.9 Å². The lowest BCUT2D eigenvalue weighted by atomic mass is 10.2. The van der Waals surface area contributed by atoms with Gasteiger partial charge in [0.1, 0.15) is 5.82 Å². The van der Waals surface area contributed by atoms with Gasteiger partial charge in [0.05, 0.1) is 21.2 Å². The number of hydrogen-bond donors (Lipinski definition) is 0. The Morgan fingerprint density at radius 3 is 2.43 bits per heavy atom. The van der Waals surface area contributed by atoms with Crippen LogP contribution in [0.25, 0.3) is 0 Å². The molecular weight excluding hydrogens is 438 g/mol. The third-order valence-electron chi connectivity index (χ3n) is 4.39. The first kappa shape index (κ1) is 21.0. The number of benzene rings is 1. The van der Waals surface area contributed by atoms with Gasteiger partial charge < -0.3 is 9.80 Å². The highest BCUT2D eigenvalue weighted by atomic mass is 35.5. The monoisotopic (exact) mass is 451 g/mol. The van der Waals surface area contributed by atoms with Crippen LogP contribution < -0.4 is 4.90 Å². The number of rotatable bonds is 2. The summed E-state index contributed by atoms with van der Waals surface area (Å²) in [5.41, 5.74) is -0.586. The first-order valence-electron chi connectivity index (χ1n) is 8.39. The van der Waals surface area contributed by atoms with Gasteiger partial charge in [-0.3, -0.25) is 4.79 Å². The van der Waals surface area contributed by atoms with E-state index >= 15 is 0 Å². The van der Waals surface area contributed by atoms with Gasteiger partial charge >= 0.3 is 6.18 Å². The number of amides is 1. The summed E-state index contributed by atoms with van der Waals surface area (Å²) >= 11 is 18.1. The lowest BCUT2D eigenvalue weighted by Gasteiger charge is -2.24. The maximum absolute atomic E-state index is 12.8. The summed E-state index contributed by atoms with van der Waals surface area (Å²) in [4.78, 5) is 20.1. The van der Waals surface area contributed by atoms with Crippen molar-refractivity contribution in [2.75, 3.05) is 31.1 Å². The summed E-state index contributed by atoms with van der Waals surface area (Å²) in [6.07, 6.45) is -3.14. The first-order chi connectivity index (χ1) is 13.2. The molecule has 1 aromatic heterocycles. The number of nitrogens with zero attached hydrogens (tertiary/aromatic N) is 3. The van der Waals surface area contributed by atoms with Gasteiger partial charge in [-0.2, -0.15) is 13.2 Å². The van der Waals surface area contributed by atoms with E-state index in [4.69, 9.17) is 34.8 Å². The zero-order chi connectivity index (χ0) is 20.5. The molecule has 1 saturated heterocycles. The molecule has 0 spiro atoms. The summed E-state index contributed by atoms with van der Waals surface area (Å²) in [6.45, 7) is 1.70. The van der Waals surface area contributed by atoms with E-state index in [-0.39, 0.29) is 16.7 Å². The largest absolute Gasteiger partial charge is 0.417 e. The molecule has 1 amide bonds. The molecule has 0 unspecified atom stereocenters. The third kappa shape index (κ3) is 4.64. The van der Waals surface area contributed by atoms with Gasteiger partial charge in [0.25, 0.3) is 5.91 Å². The van der Waals surface area contributed by atoms with E-state index in [0.717, 1.165) is 12.3 Å². The Balaban J connectivity index is 1.75. The van der Waals surface area contributed by atoms with Crippen LogP contribution in [0.15, 0.2) is 30.5 Å². The van der Waals surface area contributed by atoms with Crippen molar-refractivity contribution in [1.82, 2.24) is 9.88 Å². The molecule has 1 fully saturated rings. The molecule has 0 radical (unpaired) electrons. The molecule has 4 nitrogen and oxygen atoms in total. The number of alkyl halides is 3. The smallest absolute Gasteiger partial charge is 0.354 e. The standard InChI is InChI=1S/C18H15Cl3F3N3O/c19-12-2-3-14(20)13(9-12)17(28)27-5-1-4-26(6-7-27)16-15(21)8-11(10-25-16)18(22,23)24/h2-3,8-10H,1,4-7H2. The quantitative estimate of drug-likeness (QED) is 0.611. The molecule has 0 aliphatic carbocycles. The molecule has 1 aliphatic heterocycles. The second-order valence-corrected chi connectivity index (χ2v) is 7.53. The van der Waals surface area contributed by atoms with Gasteiger partial charge in [-0.05, 0) is 30.7 Å². The fraction of sp³-hybridized carbons (Fsp3) is 0.333. The number of aromatic nitrogens is 1. The van der Waals surface area contributed by atoms with E-state index in [9.17, 15) is 18.0 Å². The van der Waals surface area contributed by atoms with Crippen molar-refractivity contribution in [3.63, 3.8) is 0 Å². The molecule has 150 valence electrons. The topological polar surface area (TPSA) is 36.4 Å². The maximum Gasteiger partial charge on any atom is 0.417 e. The number of halogens is 6. The zero-order valence-electron chi connectivity index (χ0n) is 14.4. The Hall–Kier alpha value is -1.70. The van der Waals surface area contributed by atoms with Gasteiger partial charge in [-0.25, -0.2) is 4.98 Å². The van der Waals surface area contributed by atoms with E-state index in [2.05, 4.69) is 4.98 Å². The second-order valence-electron chi connectivity index (χ2n) is 6.28. The maximum atomic E-state index is 12.8. The molecule has 1 aliphatic rings. The van der Waals surface area contributed by atoms with Gasteiger partial charge in [0, 0.05) is 37.4 Å². The highest BCUT2D eigenvalue weighted by Crippen LogP contribution is 2.34. The van der Waals surface area contributed by atoms with Crippen LogP contribution in [0.3, 0.4) is 0 Å². The van der Waals surface area contributed by atoms with Crippen molar-refractivity contribution in [3.05, 3.63) is 56.7 Å². The molecular formula is C18H15Cl3F3N3O. The van der Waals surface area contributed by atoms with Gasteiger partial charge in [-0.15, -0.1) is 0 Å². The van der Waals surface area contributed by atoms with E-state index in [1.807, 2.05) is 0 Å². The average Bonchev–Trinajstić information content (AvgIpc) is 2.88. The number of pyridine rings is 1. The van der Waals surface area contributed by atoms with Crippen molar-refractivity contribution >= 4 is 46.5 Å². The third-order valence-corrected chi connectivity index (χ3v) is 5.23. The lowest BCUT2D eigenvalue weighted by molar-refractivity contribution is -0.137. The van der Waals surface area contributed by atoms with Crippen molar-refractivity contribution in [2.24, 2.45) is 0 Å². The van der Waals surface area contributed by atoms with Crippen LogP contribution in [0.4, 0.5) is 19.0 Å². The van der Waals surface area contributed by atoms with Crippen LogP contribution in [-0.2, 0) is 6.18 Å². The Kier molecular flexibility index (Phi) is 6.27. The van der Waals surface area contributed by atoms with Crippen LogP contribution in [0, 0.1) is 0 Å². The van der Waals surface area contributed by atoms with Crippen LogP contribution in [0.5, 0.6) is 0 Å². The SMILES string of the molecule is O=C(c1cc(Cl)ccc1Cl)N1CCCN(c2ncc(C(F)(F)F)cc2Cl)CC1. The summed E-state index contributed by atoms with van der Waals surface area (Å²) in [6, 6.07) is 5.54. The fourth-order valence-corrected chi connectivity index (χ4v) is 3.64. The molecule has 3 rings (SSSR count). The number of carbonyl (C=O) groups excluding carboxylic acids is 1. The minimum atomic E-state index is -4.51. The zero-order valence-corrected chi connectivity index (χ0v) is 16.7. The number of carbonyl (C=O) groups is 1. The fourth-order valence-electron chi connectivity index (χ4n) is 2.98. The van der Waals surface area contributed by atoms with Crippen molar-refractivity contribution in [3.8, 4) is 0 Å². The normalized spacial score (nSPS) is 15.5. The van der Waals surface area contributed by atoms with Crippen molar-refractivity contribution in [2.45, 2.75) is 12.6 Å². The summed E-state index contributed by atoms with van der Waals surface area (Å²) in [5, 5.41) is 0.639. The second kappa shape index (κ2) is 8.35. The van der Waals surface area contributed by atoms with E-state index in [1.165, 1.54) is 6.07 Å². The minimum Gasteiger partial charge on any atom is -0.354 e. The molecule has 2 aromatic rings. The minimum absolute atomic E-state index is 0.0764.